The van der Waals surface area contributed by atoms with Crippen LogP contribution in [0.3, 0.4) is 0 Å². The first-order valence-corrected chi connectivity index (χ1v) is 7.33. The molecule has 0 bridgehead atoms. The second kappa shape index (κ2) is 7.23. The number of aromatic amines is 1. The number of ether oxygens (including phenoxy) is 1. The lowest BCUT2D eigenvalue weighted by atomic mass is 10.2. The monoisotopic (exact) mass is 321 g/mol. The van der Waals surface area contributed by atoms with Crippen molar-refractivity contribution in [2.75, 3.05) is 5.32 Å². The van der Waals surface area contributed by atoms with Gasteiger partial charge in [-0.1, -0.05) is 30.3 Å². The van der Waals surface area contributed by atoms with Crippen LogP contribution in [-0.2, 0) is 6.61 Å². The van der Waals surface area contributed by atoms with Gasteiger partial charge in [-0.2, -0.15) is 0 Å². The fraction of sp³-hybridized carbons (Fsp3) is 0.0556. The number of carbonyl (C=O) groups excluding carboxylic acids is 1. The molecule has 0 atom stereocenters. The Labute approximate surface area is 138 Å². The number of nitrogens with zero attached hydrogens (tertiary/aromatic N) is 1. The van der Waals surface area contributed by atoms with Gasteiger partial charge in [-0.3, -0.25) is 9.59 Å². The van der Waals surface area contributed by atoms with Gasteiger partial charge in [0.1, 0.15) is 18.1 Å². The Morgan fingerprint density at radius 1 is 1.08 bits per heavy atom. The predicted octanol–water partition coefficient (Wildman–Crippen LogP) is 2.60. The summed E-state index contributed by atoms with van der Waals surface area (Å²) in [4.78, 5) is 29.4. The molecule has 1 amide bonds. The van der Waals surface area contributed by atoms with Gasteiger partial charge in [-0.25, -0.2) is 4.98 Å². The molecule has 0 fully saturated rings. The van der Waals surface area contributed by atoms with Crippen LogP contribution in [-0.4, -0.2) is 15.9 Å². The fourth-order valence-corrected chi connectivity index (χ4v) is 2.06. The Morgan fingerprint density at radius 3 is 2.54 bits per heavy atom. The Morgan fingerprint density at radius 2 is 1.83 bits per heavy atom. The minimum Gasteiger partial charge on any atom is -0.489 e. The quantitative estimate of drug-likeness (QED) is 0.756. The van der Waals surface area contributed by atoms with E-state index in [0.717, 1.165) is 11.6 Å². The molecule has 2 aromatic carbocycles. The first-order chi connectivity index (χ1) is 11.7. The van der Waals surface area contributed by atoms with Crippen molar-refractivity contribution in [3.8, 4) is 5.75 Å². The van der Waals surface area contributed by atoms with E-state index in [9.17, 15) is 9.59 Å². The average Bonchev–Trinajstić information content (AvgIpc) is 2.62. The van der Waals surface area contributed by atoms with Gasteiger partial charge >= 0.3 is 0 Å². The van der Waals surface area contributed by atoms with Gasteiger partial charge in [0.2, 0.25) is 0 Å². The van der Waals surface area contributed by atoms with Crippen LogP contribution in [0.5, 0.6) is 5.75 Å². The largest absolute Gasteiger partial charge is 0.489 e. The molecule has 0 aliphatic rings. The van der Waals surface area contributed by atoms with Gasteiger partial charge in [0.05, 0.1) is 6.33 Å². The van der Waals surface area contributed by atoms with Crippen molar-refractivity contribution in [1.82, 2.24) is 9.97 Å². The zero-order chi connectivity index (χ0) is 16.8. The van der Waals surface area contributed by atoms with Crippen LogP contribution in [0.2, 0.25) is 0 Å². The van der Waals surface area contributed by atoms with Crippen LogP contribution in [0, 0.1) is 0 Å². The molecule has 2 N–H and O–H groups in total. The smallest absolute Gasteiger partial charge is 0.274 e. The van der Waals surface area contributed by atoms with Gasteiger partial charge in [-0.05, 0) is 29.8 Å². The first kappa shape index (κ1) is 15.5. The Hall–Kier alpha value is -3.41. The summed E-state index contributed by atoms with van der Waals surface area (Å²) in [5, 5.41) is 2.68. The van der Waals surface area contributed by atoms with Crippen molar-refractivity contribution in [1.29, 1.82) is 0 Å². The van der Waals surface area contributed by atoms with Gasteiger partial charge in [0.25, 0.3) is 11.5 Å². The second-order valence-corrected chi connectivity index (χ2v) is 5.05. The van der Waals surface area contributed by atoms with Crippen LogP contribution in [0.4, 0.5) is 5.69 Å². The number of anilines is 1. The number of amides is 1. The summed E-state index contributed by atoms with van der Waals surface area (Å²) in [6.45, 7) is 0.475. The predicted molar refractivity (Wildman–Crippen MR) is 90.0 cm³/mol. The summed E-state index contributed by atoms with van der Waals surface area (Å²) in [5.41, 5.74) is 1.35. The molecule has 6 nitrogen and oxygen atoms in total. The first-order valence-electron chi connectivity index (χ1n) is 7.33. The lowest BCUT2D eigenvalue weighted by Gasteiger charge is -2.08. The van der Waals surface area contributed by atoms with Gasteiger partial charge in [0.15, 0.2) is 0 Å². The summed E-state index contributed by atoms with van der Waals surface area (Å²) in [7, 11) is 0. The summed E-state index contributed by atoms with van der Waals surface area (Å²) < 4.78 is 5.68. The third-order valence-corrected chi connectivity index (χ3v) is 3.27. The SMILES string of the molecule is O=C(Nc1ccc(OCc2ccccc2)cc1)c1cc(=O)[nH]cn1. The fourth-order valence-electron chi connectivity index (χ4n) is 2.06. The molecule has 0 radical (unpaired) electrons. The zero-order valence-electron chi connectivity index (χ0n) is 12.7. The van der Waals surface area contributed by atoms with Crippen molar-refractivity contribution in [3.63, 3.8) is 0 Å². The molecular weight excluding hydrogens is 306 g/mol. The molecule has 1 aromatic heterocycles. The molecule has 0 unspecified atom stereocenters. The summed E-state index contributed by atoms with van der Waals surface area (Å²) in [5.74, 6) is 0.255. The average molecular weight is 321 g/mol. The minimum absolute atomic E-state index is 0.0585. The van der Waals surface area contributed by atoms with Crippen LogP contribution in [0.25, 0.3) is 0 Å². The highest BCUT2D eigenvalue weighted by Crippen LogP contribution is 2.17. The van der Waals surface area contributed by atoms with Crippen molar-refractivity contribution in [2.45, 2.75) is 6.61 Å². The van der Waals surface area contributed by atoms with Gasteiger partial charge < -0.3 is 15.0 Å². The highest BCUT2D eigenvalue weighted by atomic mass is 16.5. The molecule has 120 valence electrons. The molecule has 0 spiro atoms. The third kappa shape index (κ3) is 4.07. The Balaban J connectivity index is 1.60. The van der Waals surface area contributed by atoms with E-state index >= 15 is 0 Å². The number of nitrogens with one attached hydrogen (secondary N) is 2. The lowest BCUT2D eigenvalue weighted by Crippen LogP contribution is -2.17. The zero-order valence-corrected chi connectivity index (χ0v) is 12.7. The molecule has 24 heavy (non-hydrogen) atoms. The second-order valence-electron chi connectivity index (χ2n) is 5.05. The maximum atomic E-state index is 12.0. The molecule has 6 heteroatoms. The molecule has 3 aromatic rings. The van der Waals surface area contributed by atoms with Crippen LogP contribution in [0.1, 0.15) is 16.1 Å². The summed E-state index contributed by atoms with van der Waals surface area (Å²) in [6, 6.07) is 18.0. The number of aromatic nitrogens is 2. The number of hydrogen-bond donors (Lipinski definition) is 2. The van der Waals surface area contributed by atoms with E-state index in [1.165, 1.54) is 6.33 Å². The summed E-state index contributed by atoms with van der Waals surface area (Å²) in [6.07, 6.45) is 1.19. The van der Waals surface area contributed by atoms with E-state index in [2.05, 4.69) is 15.3 Å². The number of carbonyl (C=O) groups is 1. The molecule has 0 aliphatic carbocycles. The molecule has 0 saturated carbocycles. The van der Waals surface area contributed by atoms with E-state index in [0.29, 0.717) is 18.0 Å². The normalized spacial score (nSPS) is 10.2. The van der Waals surface area contributed by atoms with E-state index in [-0.39, 0.29) is 11.3 Å². The third-order valence-electron chi connectivity index (χ3n) is 3.27. The molecular formula is C18H15N3O3. The Bertz CT molecular complexity index is 874. The van der Waals surface area contributed by atoms with Crippen molar-refractivity contribution >= 4 is 11.6 Å². The number of H-pyrrole nitrogens is 1. The van der Waals surface area contributed by atoms with Crippen molar-refractivity contribution < 1.29 is 9.53 Å². The topological polar surface area (TPSA) is 84.1 Å². The van der Waals surface area contributed by atoms with Crippen LogP contribution in [0.15, 0.2) is 71.8 Å². The highest BCUT2D eigenvalue weighted by molar-refractivity contribution is 6.02. The molecule has 3 rings (SSSR count). The van der Waals surface area contributed by atoms with Gasteiger partial charge in [0, 0.05) is 11.8 Å². The van der Waals surface area contributed by atoms with Gasteiger partial charge in [-0.15, -0.1) is 0 Å². The minimum atomic E-state index is -0.445. The maximum Gasteiger partial charge on any atom is 0.274 e. The van der Waals surface area contributed by atoms with E-state index < -0.39 is 5.91 Å². The Kier molecular flexibility index (Phi) is 4.67. The number of benzene rings is 2. The number of rotatable bonds is 5. The van der Waals surface area contributed by atoms with Crippen LogP contribution < -0.4 is 15.6 Å². The highest BCUT2D eigenvalue weighted by Gasteiger charge is 2.08. The van der Waals surface area contributed by atoms with Crippen molar-refractivity contribution in [2.24, 2.45) is 0 Å². The van der Waals surface area contributed by atoms with E-state index in [1.54, 1.807) is 24.3 Å². The van der Waals surface area contributed by atoms with E-state index in [4.69, 9.17) is 4.74 Å². The summed E-state index contributed by atoms with van der Waals surface area (Å²) >= 11 is 0. The molecule has 0 saturated heterocycles. The van der Waals surface area contributed by atoms with E-state index in [1.807, 2.05) is 30.3 Å². The lowest BCUT2D eigenvalue weighted by molar-refractivity contribution is 0.102. The molecule has 0 aliphatic heterocycles. The standard InChI is InChI=1S/C18H15N3O3/c22-17-10-16(19-12-20-17)18(23)21-14-6-8-15(9-7-14)24-11-13-4-2-1-3-5-13/h1-10,12H,11H2,(H,21,23)(H,19,20,22). The molecule has 1 heterocycles. The van der Waals surface area contributed by atoms with Crippen LogP contribution >= 0.6 is 0 Å². The maximum absolute atomic E-state index is 12.0. The van der Waals surface area contributed by atoms with Crippen molar-refractivity contribution in [3.05, 3.63) is 88.6 Å². The number of hydrogen-bond acceptors (Lipinski definition) is 4.